The van der Waals surface area contributed by atoms with E-state index in [9.17, 15) is 4.79 Å². The molecule has 0 radical (unpaired) electrons. The van der Waals surface area contributed by atoms with Crippen LogP contribution in [-0.4, -0.2) is 54.2 Å². The van der Waals surface area contributed by atoms with Gasteiger partial charge in [0.25, 0.3) is 0 Å². The molecule has 2 aliphatic heterocycles. The molecule has 0 amide bonds. The van der Waals surface area contributed by atoms with Gasteiger partial charge in [-0.25, -0.2) is 5.09 Å². The fourth-order valence-electron chi connectivity index (χ4n) is 5.74. The van der Waals surface area contributed by atoms with Crippen molar-refractivity contribution in [3.05, 3.63) is 78.4 Å². The smallest absolute Gasteiger partial charge is 0.323 e. The van der Waals surface area contributed by atoms with Gasteiger partial charge in [0.05, 0.1) is 19.8 Å². The van der Waals surface area contributed by atoms with Crippen LogP contribution in [0.5, 0.6) is 11.6 Å². The third kappa shape index (κ3) is 6.95. The normalized spacial score (nSPS) is 21.8. The maximum atomic E-state index is 13.0. The molecule has 3 aromatic carbocycles. The van der Waals surface area contributed by atoms with Gasteiger partial charge in [-0.2, -0.15) is 9.97 Å². The van der Waals surface area contributed by atoms with Crippen molar-refractivity contribution >= 4 is 42.7 Å². The lowest BCUT2D eigenvalue weighted by molar-refractivity contribution is -0.146. The monoisotopic (exact) mass is 646 g/mol. The molecule has 46 heavy (non-hydrogen) atoms. The van der Waals surface area contributed by atoms with Crippen molar-refractivity contribution in [2.45, 2.75) is 58.3 Å². The van der Waals surface area contributed by atoms with Crippen LogP contribution >= 0.6 is 8.53 Å². The van der Waals surface area contributed by atoms with E-state index in [4.69, 9.17) is 29.0 Å². The van der Waals surface area contributed by atoms with Crippen LogP contribution in [0.15, 0.2) is 72.8 Å². The first-order valence-electron chi connectivity index (χ1n) is 15.3. The number of esters is 1. The summed E-state index contributed by atoms with van der Waals surface area (Å²) in [5.74, 6) is 1.55. The number of methoxy groups -OCH3 is 1. The van der Waals surface area contributed by atoms with Crippen molar-refractivity contribution in [1.82, 2.24) is 15.1 Å². The summed E-state index contributed by atoms with van der Waals surface area (Å²) in [5, 5.41) is 8.60. The number of ether oxygens (including phenoxy) is 3. The Kier molecular flexibility index (Phi) is 9.70. The number of fused-ring (bicyclic) bond motifs is 2. The number of carbonyl (C=O) groups excluding carboxylic acids is 1. The molecular formula is C33H39N6O6P. The maximum absolute atomic E-state index is 13.0. The van der Waals surface area contributed by atoms with Crippen molar-refractivity contribution in [1.29, 1.82) is 0 Å². The Morgan fingerprint density at radius 3 is 2.67 bits per heavy atom. The lowest BCUT2D eigenvalue weighted by atomic mass is 10.1. The number of nitrogens with zero attached hydrogens (tertiary/aromatic N) is 3. The van der Waals surface area contributed by atoms with E-state index >= 15 is 0 Å². The van der Waals surface area contributed by atoms with Crippen LogP contribution in [-0.2, 0) is 25.4 Å². The van der Waals surface area contributed by atoms with Crippen molar-refractivity contribution in [2.24, 2.45) is 5.92 Å². The van der Waals surface area contributed by atoms with Gasteiger partial charge < -0.3 is 39.2 Å². The minimum Gasteiger partial charge on any atom is -0.479 e. The Bertz CT molecular complexity index is 1660. The fourth-order valence-corrected chi connectivity index (χ4v) is 6.98. The summed E-state index contributed by atoms with van der Waals surface area (Å²) in [6.45, 7) is 6.32. The average molecular weight is 647 g/mol. The van der Waals surface area contributed by atoms with Crippen LogP contribution in [0.25, 0.3) is 10.8 Å². The van der Waals surface area contributed by atoms with Crippen LogP contribution in [0.3, 0.4) is 0 Å². The highest BCUT2D eigenvalue weighted by Crippen LogP contribution is 2.45. The molecular weight excluding hydrogens is 607 g/mol. The zero-order valence-electron chi connectivity index (χ0n) is 26.3. The molecule has 6 rings (SSSR count). The number of rotatable bonds is 12. The highest BCUT2D eigenvalue weighted by atomic mass is 31.2. The van der Waals surface area contributed by atoms with E-state index < -0.39 is 20.5 Å². The highest BCUT2D eigenvalue weighted by Gasteiger charge is 2.44. The zero-order chi connectivity index (χ0) is 32.2. The molecule has 6 atom stereocenters. The largest absolute Gasteiger partial charge is 0.479 e. The number of carbonyl (C=O) groups is 1. The first kappa shape index (κ1) is 31.7. The third-order valence-electron chi connectivity index (χ3n) is 8.00. The fraction of sp³-hybridized carbons (Fsp3) is 0.364. The van der Waals surface area contributed by atoms with Crippen molar-refractivity contribution in [2.75, 3.05) is 29.7 Å². The van der Waals surface area contributed by atoms with Crippen LogP contribution in [0.4, 0.5) is 17.5 Å². The number of nitrogen functional groups attached to an aromatic ring is 1. The van der Waals surface area contributed by atoms with Gasteiger partial charge in [0.1, 0.15) is 36.5 Å². The number of hydrogen-bond acceptors (Lipinski definition) is 12. The van der Waals surface area contributed by atoms with Crippen LogP contribution in [0.2, 0.25) is 0 Å². The molecule has 1 aromatic heterocycles. The van der Waals surface area contributed by atoms with Gasteiger partial charge >= 0.3 is 14.5 Å². The quantitative estimate of drug-likeness (QED) is 0.130. The van der Waals surface area contributed by atoms with Crippen LogP contribution in [0.1, 0.15) is 32.8 Å². The van der Waals surface area contributed by atoms with E-state index in [1.807, 2.05) is 79.7 Å². The van der Waals surface area contributed by atoms with E-state index in [0.29, 0.717) is 23.1 Å². The minimum atomic E-state index is -1.77. The van der Waals surface area contributed by atoms with E-state index in [1.54, 1.807) is 14.0 Å². The van der Waals surface area contributed by atoms with Gasteiger partial charge in [0, 0.05) is 11.3 Å². The summed E-state index contributed by atoms with van der Waals surface area (Å²) in [7, 11) is -0.223. The average Bonchev–Trinajstić information content (AvgIpc) is 3.59. The molecule has 2 aliphatic rings. The second kappa shape index (κ2) is 14.0. The molecule has 4 aromatic rings. The Balaban J connectivity index is 1.15. The highest BCUT2D eigenvalue weighted by molar-refractivity contribution is 7.45. The maximum Gasteiger partial charge on any atom is 0.323 e. The Hall–Kier alpha value is -4.22. The number of nitrogens with two attached hydrogens (primary N) is 1. The van der Waals surface area contributed by atoms with Gasteiger partial charge in [-0.1, -0.05) is 73.7 Å². The topological polar surface area (TPSA) is 142 Å². The molecule has 242 valence electrons. The van der Waals surface area contributed by atoms with Gasteiger partial charge in [0.15, 0.2) is 5.82 Å². The standard InChI is InChI=1S/C33H39N6O6P/c1-20-17-25(44-31(20)39-22(3)35-28-29(39)36-33(34)37-30(28)41-4)19-43-46(45-27-16-10-14-24-13-8-9-15-26(24)27)38-21(2)32(40)42-18-23-11-6-5-7-12-23/h5-16,20-22,25,31,35,38H,17-19H2,1-4H3,(H2,34,36,37). The second-order valence-electron chi connectivity index (χ2n) is 11.4. The predicted octanol–water partition coefficient (Wildman–Crippen LogP) is 5.59. The predicted molar refractivity (Wildman–Crippen MR) is 177 cm³/mol. The first-order valence-corrected chi connectivity index (χ1v) is 16.5. The van der Waals surface area contributed by atoms with Crippen LogP contribution < -0.4 is 30.3 Å². The molecule has 13 heteroatoms. The molecule has 0 spiro atoms. The minimum absolute atomic E-state index is 0.122. The number of nitrogens with one attached hydrogen (secondary N) is 2. The van der Waals surface area contributed by atoms with E-state index in [2.05, 4.69) is 32.2 Å². The molecule has 0 bridgehead atoms. The van der Waals surface area contributed by atoms with Crippen molar-refractivity contribution in [3.63, 3.8) is 0 Å². The molecule has 1 fully saturated rings. The molecule has 0 saturated carbocycles. The summed E-state index contributed by atoms with van der Waals surface area (Å²) in [4.78, 5) is 23.7. The third-order valence-corrected chi connectivity index (χ3v) is 9.34. The Labute approximate surface area is 269 Å². The summed E-state index contributed by atoms with van der Waals surface area (Å²) in [6.07, 6.45) is 0.0953. The molecule has 12 nitrogen and oxygen atoms in total. The molecule has 4 N–H and O–H groups in total. The second-order valence-corrected chi connectivity index (χ2v) is 12.7. The summed E-state index contributed by atoms with van der Waals surface area (Å²) in [5.41, 5.74) is 7.59. The molecule has 1 saturated heterocycles. The van der Waals surface area contributed by atoms with E-state index in [0.717, 1.165) is 22.8 Å². The number of hydrogen-bond donors (Lipinski definition) is 3. The summed E-state index contributed by atoms with van der Waals surface area (Å²) in [6, 6.07) is 22.7. The van der Waals surface area contributed by atoms with Gasteiger partial charge in [0.2, 0.25) is 11.8 Å². The lowest BCUT2D eigenvalue weighted by Gasteiger charge is -2.31. The van der Waals surface area contributed by atoms with Crippen LogP contribution in [0, 0.1) is 5.92 Å². The van der Waals surface area contributed by atoms with Gasteiger partial charge in [-0.15, -0.1) is 0 Å². The van der Waals surface area contributed by atoms with Crippen molar-refractivity contribution in [3.8, 4) is 11.6 Å². The zero-order valence-corrected chi connectivity index (χ0v) is 27.1. The molecule has 0 aliphatic carbocycles. The summed E-state index contributed by atoms with van der Waals surface area (Å²) >= 11 is 0. The first-order chi connectivity index (χ1) is 22.3. The Morgan fingerprint density at radius 2 is 1.87 bits per heavy atom. The van der Waals surface area contributed by atoms with E-state index in [1.165, 1.54) is 0 Å². The van der Waals surface area contributed by atoms with Gasteiger partial charge in [-0.05, 0) is 37.3 Å². The lowest BCUT2D eigenvalue weighted by Crippen LogP contribution is -2.44. The Morgan fingerprint density at radius 1 is 1.11 bits per heavy atom. The van der Waals surface area contributed by atoms with Crippen molar-refractivity contribution < 1.29 is 28.1 Å². The number of benzene rings is 3. The molecule has 6 unspecified atom stereocenters. The molecule has 3 heterocycles. The van der Waals surface area contributed by atoms with E-state index in [-0.39, 0.29) is 43.6 Å². The summed E-state index contributed by atoms with van der Waals surface area (Å²) < 4.78 is 30.4. The SMILES string of the molecule is COc1nc(N)nc2c1NC(C)N2C1OC(COP(NC(C)C(=O)OCc2ccccc2)Oc2cccc3ccccc23)CC1C. The number of anilines is 3. The van der Waals surface area contributed by atoms with Gasteiger partial charge in [-0.3, -0.25) is 4.79 Å². The number of aromatic nitrogens is 2.